The van der Waals surface area contributed by atoms with E-state index in [2.05, 4.69) is 32.8 Å². The fourth-order valence-electron chi connectivity index (χ4n) is 4.79. The summed E-state index contributed by atoms with van der Waals surface area (Å²) >= 11 is 0. The molecule has 0 N–H and O–H groups in total. The number of Topliss-reactive ketones (excluding diaryl/α,β-unsaturated/α-hetero) is 1. The number of benzene rings is 1. The topological polar surface area (TPSA) is 58.6 Å². The van der Waals surface area contributed by atoms with Gasteiger partial charge in [0.15, 0.2) is 5.78 Å². The Bertz CT molecular complexity index is 902. The number of para-hydroxylation sites is 1. The minimum absolute atomic E-state index is 0.175. The van der Waals surface area contributed by atoms with Gasteiger partial charge < -0.3 is 14.5 Å². The number of piperidine rings is 1. The number of fused-ring (bicyclic) bond motifs is 1. The molecule has 28 heavy (non-hydrogen) atoms. The zero-order valence-electron chi connectivity index (χ0n) is 16.3. The first-order chi connectivity index (χ1) is 13.6. The van der Waals surface area contributed by atoms with Crippen molar-refractivity contribution in [1.29, 1.82) is 0 Å². The Kier molecular flexibility index (Phi) is 4.22. The van der Waals surface area contributed by atoms with Crippen molar-refractivity contribution >= 4 is 17.4 Å². The van der Waals surface area contributed by atoms with E-state index in [0.717, 1.165) is 37.7 Å². The van der Waals surface area contributed by atoms with Gasteiger partial charge in [0.1, 0.15) is 29.3 Å². The smallest absolute Gasteiger partial charge is 0.170 e. The number of ketones is 1. The second kappa shape index (κ2) is 6.76. The Morgan fingerprint density at radius 2 is 1.96 bits per heavy atom. The van der Waals surface area contributed by atoms with Gasteiger partial charge in [-0.2, -0.15) is 0 Å². The highest BCUT2D eigenvalue weighted by molar-refractivity contribution is 6.00. The maximum atomic E-state index is 12.7. The second-order valence-electron chi connectivity index (χ2n) is 8.48. The standard InChI is InChI=1S/C22H26N4O2/c1-16-5-4-9-25(13-16)20-11-21(24-15-23-20)26-10-8-22(14-26)12-18(27)17-6-2-3-7-19(17)28-22/h2-3,6-7,11,15-16H,4-5,8-10,12-14H2,1H3. The lowest BCUT2D eigenvalue weighted by Crippen LogP contribution is -2.44. The van der Waals surface area contributed by atoms with Crippen LogP contribution in [0.4, 0.5) is 11.6 Å². The van der Waals surface area contributed by atoms with Gasteiger partial charge in [0, 0.05) is 32.1 Å². The van der Waals surface area contributed by atoms with Gasteiger partial charge in [-0.05, 0) is 30.9 Å². The predicted octanol–water partition coefficient (Wildman–Crippen LogP) is 3.33. The van der Waals surface area contributed by atoms with Gasteiger partial charge in [0.2, 0.25) is 0 Å². The van der Waals surface area contributed by atoms with Crippen molar-refractivity contribution < 1.29 is 9.53 Å². The molecule has 2 aromatic rings. The molecule has 0 bridgehead atoms. The van der Waals surface area contributed by atoms with Gasteiger partial charge in [-0.1, -0.05) is 19.1 Å². The number of aromatic nitrogens is 2. The molecule has 2 atom stereocenters. The monoisotopic (exact) mass is 378 g/mol. The Balaban J connectivity index is 1.35. The molecule has 0 amide bonds. The highest BCUT2D eigenvalue weighted by Gasteiger charge is 2.46. The van der Waals surface area contributed by atoms with Gasteiger partial charge in [0.05, 0.1) is 18.5 Å². The Labute approximate surface area is 165 Å². The summed E-state index contributed by atoms with van der Waals surface area (Å²) in [6, 6.07) is 9.66. The molecule has 3 aliphatic heterocycles. The summed E-state index contributed by atoms with van der Waals surface area (Å²) < 4.78 is 6.35. The number of anilines is 2. The molecule has 1 spiro atoms. The van der Waals surface area contributed by atoms with Crippen molar-refractivity contribution in [2.24, 2.45) is 5.92 Å². The van der Waals surface area contributed by atoms with Crippen LogP contribution < -0.4 is 14.5 Å². The third-order valence-electron chi connectivity index (χ3n) is 6.26. The highest BCUT2D eigenvalue weighted by atomic mass is 16.5. The summed E-state index contributed by atoms with van der Waals surface area (Å²) in [5, 5.41) is 0. The maximum absolute atomic E-state index is 12.7. The maximum Gasteiger partial charge on any atom is 0.170 e. The Morgan fingerprint density at radius 1 is 1.14 bits per heavy atom. The average Bonchev–Trinajstić information content (AvgIpc) is 3.11. The molecule has 3 aliphatic rings. The zero-order valence-corrected chi connectivity index (χ0v) is 16.3. The third-order valence-corrected chi connectivity index (χ3v) is 6.26. The molecular weight excluding hydrogens is 352 g/mol. The Morgan fingerprint density at radius 3 is 2.82 bits per heavy atom. The van der Waals surface area contributed by atoms with E-state index in [4.69, 9.17) is 4.74 Å². The number of rotatable bonds is 2. The van der Waals surface area contributed by atoms with Crippen molar-refractivity contribution in [3.63, 3.8) is 0 Å². The molecule has 2 unspecified atom stereocenters. The zero-order chi connectivity index (χ0) is 19.1. The molecule has 146 valence electrons. The molecule has 4 heterocycles. The van der Waals surface area contributed by atoms with Crippen LogP contribution in [0, 0.1) is 5.92 Å². The van der Waals surface area contributed by atoms with Gasteiger partial charge in [0.25, 0.3) is 0 Å². The summed E-state index contributed by atoms with van der Waals surface area (Å²) in [4.78, 5) is 26.3. The van der Waals surface area contributed by atoms with E-state index >= 15 is 0 Å². The lowest BCUT2D eigenvalue weighted by Gasteiger charge is -2.35. The van der Waals surface area contributed by atoms with E-state index in [1.807, 2.05) is 24.3 Å². The molecule has 2 fully saturated rings. The van der Waals surface area contributed by atoms with Crippen molar-refractivity contribution in [2.75, 3.05) is 36.0 Å². The van der Waals surface area contributed by atoms with Crippen LogP contribution in [-0.4, -0.2) is 47.5 Å². The van der Waals surface area contributed by atoms with Crippen LogP contribution in [0.3, 0.4) is 0 Å². The number of nitrogens with zero attached hydrogens (tertiary/aromatic N) is 4. The van der Waals surface area contributed by atoms with E-state index in [9.17, 15) is 4.79 Å². The van der Waals surface area contributed by atoms with Crippen LogP contribution in [0.15, 0.2) is 36.7 Å². The fraction of sp³-hybridized carbons (Fsp3) is 0.500. The molecule has 0 aliphatic carbocycles. The molecule has 0 saturated carbocycles. The molecule has 2 saturated heterocycles. The van der Waals surface area contributed by atoms with Gasteiger partial charge >= 0.3 is 0 Å². The largest absolute Gasteiger partial charge is 0.484 e. The molecule has 6 nitrogen and oxygen atoms in total. The number of carbonyl (C=O) groups is 1. The van der Waals surface area contributed by atoms with Gasteiger partial charge in [-0.15, -0.1) is 0 Å². The third kappa shape index (κ3) is 3.11. The first kappa shape index (κ1) is 17.5. The van der Waals surface area contributed by atoms with Crippen molar-refractivity contribution in [1.82, 2.24) is 9.97 Å². The van der Waals surface area contributed by atoms with Crippen molar-refractivity contribution in [2.45, 2.75) is 38.2 Å². The highest BCUT2D eigenvalue weighted by Crippen LogP contribution is 2.39. The average molecular weight is 378 g/mol. The minimum atomic E-state index is -0.448. The van der Waals surface area contributed by atoms with Gasteiger partial charge in [-0.3, -0.25) is 4.79 Å². The number of ether oxygens (including phenoxy) is 1. The predicted molar refractivity (Wildman–Crippen MR) is 108 cm³/mol. The summed E-state index contributed by atoms with van der Waals surface area (Å²) in [6.07, 6.45) is 5.42. The van der Waals surface area contributed by atoms with Crippen LogP contribution in [0.25, 0.3) is 0 Å². The van der Waals surface area contributed by atoms with E-state index in [0.29, 0.717) is 30.2 Å². The summed E-state index contributed by atoms with van der Waals surface area (Å²) in [5.41, 5.74) is 0.256. The molecular formula is C22H26N4O2. The normalized spacial score (nSPS) is 27.0. The molecule has 1 aromatic carbocycles. The first-order valence-corrected chi connectivity index (χ1v) is 10.3. The minimum Gasteiger partial charge on any atom is -0.484 e. The number of hydrogen-bond acceptors (Lipinski definition) is 6. The van der Waals surface area contributed by atoms with Crippen molar-refractivity contribution in [3.05, 3.63) is 42.2 Å². The fourth-order valence-corrected chi connectivity index (χ4v) is 4.79. The van der Waals surface area contributed by atoms with E-state index in [-0.39, 0.29) is 5.78 Å². The summed E-state index contributed by atoms with van der Waals surface area (Å²) in [5.74, 6) is 3.52. The first-order valence-electron chi connectivity index (χ1n) is 10.3. The van der Waals surface area contributed by atoms with Gasteiger partial charge in [-0.25, -0.2) is 9.97 Å². The lowest BCUT2D eigenvalue weighted by molar-refractivity contribution is 0.0538. The summed E-state index contributed by atoms with van der Waals surface area (Å²) in [7, 11) is 0. The van der Waals surface area contributed by atoms with E-state index in [1.165, 1.54) is 12.8 Å². The molecule has 1 aromatic heterocycles. The van der Waals surface area contributed by atoms with Crippen LogP contribution >= 0.6 is 0 Å². The second-order valence-corrected chi connectivity index (χ2v) is 8.48. The van der Waals surface area contributed by atoms with Crippen LogP contribution in [0.5, 0.6) is 5.75 Å². The number of hydrogen-bond donors (Lipinski definition) is 0. The van der Waals surface area contributed by atoms with E-state index < -0.39 is 5.60 Å². The van der Waals surface area contributed by atoms with Crippen LogP contribution in [0.2, 0.25) is 0 Å². The molecule has 6 heteroatoms. The van der Waals surface area contributed by atoms with Crippen molar-refractivity contribution in [3.8, 4) is 5.75 Å². The molecule has 0 radical (unpaired) electrons. The number of carbonyl (C=O) groups excluding carboxylic acids is 1. The lowest BCUT2D eigenvalue weighted by atomic mass is 9.89. The SMILES string of the molecule is CC1CCCN(c2cc(N3CCC4(CC(=O)c5ccccc5O4)C3)ncn2)C1. The summed E-state index contributed by atoms with van der Waals surface area (Å²) in [6.45, 7) is 5.92. The van der Waals surface area contributed by atoms with E-state index in [1.54, 1.807) is 6.33 Å². The molecule has 5 rings (SSSR count). The quantitative estimate of drug-likeness (QED) is 0.799. The van der Waals surface area contributed by atoms with Crippen LogP contribution in [0.1, 0.15) is 43.0 Å². The Hall–Kier alpha value is -2.63. The van der Waals surface area contributed by atoms with Crippen LogP contribution in [-0.2, 0) is 0 Å².